The Balaban J connectivity index is 4.18. The molecule has 0 N–H and O–H groups in total. The maximum atomic E-state index is 12.1. The summed E-state index contributed by atoms with van der Waals surface area (Å²) in [5, 5.41) is -2.37. The normalized spacial score (nSPS) is 17.0. The largest absolute Gasteiger partial charge is 0.101 e. The number of nitrogens with zero attached hydrogens (tertiary/aromatic N) is 2. The van der Waals surface area contributed by atoms with E-state index in [1.165, 1.54) is 0 Å². The van der Waals surface area contributed by atoms with Crippen LogP contribution in [0.2, 0.25) is 0 Å². The van der Waals surface area contributed by atoms with Crippen LogP contribution in [0.5, 0.6) is 0 Å². The van der Waals surface area contributed by atoms with E-state index in [1.54, 1.807) is 6.92 Å². The van der Waals surface area contributed by atoms with Crippen LogP contribution in [0.4, 0.5) is 17.9 Å². The molecular formula is C6H12F4N2. The minimum Gasteiger partial charge on any atom is -0.101 e. The van der Waals surface area contributed by atoms with Gasteiger partial charge in [0.2, 0.25) is 0 Å². The third-order valence-electron chi connectivity index (χ3n) is 1.66. The summed E-state index contributed by atoms with van der Waals surface area (Å²) in [7, 11) is 0. The van der Waals surface area contributed by atoms with Crippen molar-refractivity contribution in [3.05, 3.63) is 0 Å². The van der Waals surface area contributed by atoms with Gasteiger partial charge in [-0.3, -0.25) is 0 Å². The van der Waals surface area contributed by atoms with Crippen molar-refractivity contribution in [1.29, 1.82) is 0 Å². The van der Waals surface area contributed by atoms with E-state index in [0.29, 0.717) is 6.42 Å². The van der Waals surface area contributed by atoms with Gasteiger partial charge in [0.1, 0.15) is 0 Å². The molecule has 0 rings (SSSR count). The van der Waals surface area contributed by atoms with Crippen molar-refractivity contribution in [2.24, 2.45) is 0 Å². The maximum Gasteiger partial charge on any atom is 0.0991 e. The zero-order valence-corrected chi connectivity index (χ0v) is 7.03. The first-order valence-electron chi connectivity index (χ1n) is 3.63. The number of hydrogen-bond acceptors (Lipinski definition) is 2. The van der Waals surface area contributed by atoms with Gasteiger partial charge in [0.25, 0.3) is 0 Å². The number of halogens is 4. The van der Waals surface area contributed by atoms with Gasteiger partial charge in [-0.25, -0.2) is 0 Å². The first-order valence-corrected chi connectivity index (χ1v) is 3.63. The van der Waals surface area contributed by atoms with E-state index in [1.807, 2.05) is 0 Å². The van der Waals surface area contributed by atoms with Crippen LogP contribution in [0, 0.1) is 0 Å². The fourth-order valence-electron chi connectivity index (χ4n) is 1.01. The molecule has 0 saturated heterocycles. The van der Waals surface area contributed by atoms with Crippen LogP contribution in [0.1, 0.15) is 26.7 Å². The molecule has 74 valence electrons. The van der Waals surface area contributed by atoms with Crippen LogP contribution in [-0.4, -0.2) is 22.8 Å². The highest BCUT2D eigenvalue weighted by Gasteiger charge is 2.35. The highest BCUT2D eigenvalue weighted by Crippen LogP contribution is 2.23. The summed E-state index contributed by atoms with van der Waals surface area (Å²) < 4.78 is 47.6. The van der Waals surface area contributed by atoms with E-state index in [9.17, 15) is 17.9 Å². The van der Waals surface area contributed by atoms with E-state index < -0.39 is 22.8 Å². The van der Waals surface area contributed by atoms with Crippen LogP contribution in [0.15, 0.2) is 0 Å². The molecule has 0 aliphatic carbocycles. The first kappa shape index (κ1) is 11.6. The molecule has 1 unspecified atom stereocenters. The molecule has 0 aromatic heterocycles. The third-order valence-corrected chi connectivity index (χ3v) is 1.66. The fourth-order valence-corrected chi connectivity index (χ4v) is 1.01. The van der Waals surface area contributed by atoms with Crippen LogP contribution < -0.4 is 0 Å². The van der Waals surface area contributed by atoms with Crippen molar-refractivity contribution in [2.75, 3.05) is 6.54 Å². The standard InChI is InChI=1S/C6H12F4N2/c1-3-4-6(2,12(9)10)5-11(7)8/h3-5H2,1-2H3. The highest BCUT2D eigenvalue weighted by atomic mass is 19.4. The summed E-state index contributed by atoms with van der Waals surface area (Å²) in [6.07, 6.45) is 0.471. The predicted molar refractivity (Wildman–Crippen MR) is 36.3 cm³/mol. The highest BCUT2D eigenvalue weighted by molar-refractivity contribution is 4.79. The number of rotatable bonds is 5. The Morgan fingerprint density at radius 1 is 1.17 bits per heavy atom. The third kappa shape index (κ3) is 3.36. The lowest BCUT2D eigenvalue weighted by Gasteiger charge is -2.27. The van der Waals surface area contributed by atoms with Gasteiger partial charge in [0.05, 0.1) is 12.1 Å². The van der Waals surface area contributed by atoms with Crippen molar-refractivity contribution in [2.45, 2.75) is 32.2 Å². The minimum absolute atomic E-state index is 0.0321. The molecule has 12 heavy (non-hydrogen) atoms. The fraction of sp³-hybridized carbons (Fsp3) is 1.00. The lowest BCUT2D eigenvalue weighted by atomic mass is 9.98. The second kappa shape index (κ2) is 4.61. The van der Waals surface area contributed by atoms with E-state index in [2.05, 4.69) is 0 Å². The van der Waals surface area contributed by atoms with Crippen molar-refractivity contribution in [3.63, 3.8) is 0 Å². The molecule has 2 nitrogen and oxygen atoms in total. The van der Waals surface area contributed by atoms with Gasteiger partial charge in [-0.05, 0) is 13.3 Å². The van der Waals surface area contributed by atoms with Gasteiger partial charge in [0, 0.05) is 10.7 Å². The molecule has 0 radical (unpaired) electrons. The quantitative estimate of drug-likeness (QED) is 0.483. The minimum atomic E-state index is -1.75. The molecular weight excluding hydrogens is 176 g/mol. The Hall–Kier alpha value is -0.360. The molecule has 0 aliphatic heterocycles. The van der Waals surface area contributed by atoms with Gasteiger partial charge < -0.3 is 0 Å². The van der Waals surface area contributed by atoms with Crippen LogP contribution in [0.25, 0.3) is 0 Å². The molecule has 0 saturated carbocycles. The monoisotopic (exact) mass is 188 g/mol. The Bertz CT molecular complexity index is 131. The first-order chi connectivity index (χ1) is 5.42. The second-order valence-corrected chi connectivity index (χ2v) is 2.94. The average molecular weight is 188 g/mol. The van der Waals surface area contributed by atoms with Crippen LogP contribution in [-0.2, 0) is 0 Å². The molecule has 0 aliphatic rings. The van der Waals surface area contributed by atoms with E-state index in [4.69, 9.17) is 0 Å². The Labute approximate surface area is 68.5 Å². The molecule has 0 bridgehead atoms. The number of hydrogen-bond donors (Lipinski definition) is 0. The SMILES string of the molecule is CCCC(C)(CN(F)F)N(F)F. The Morgan fingerprint density at radius 2 is 1.67 bits per heavy atom. The smallest absolute Gasteiger partial charge is 0.0991 e. The molecule has 0 heterocycles. The van der Waals surface area contributed by atoms with Crippen LogP contribution in [0.3, 0.4) is 0 Å². The maximum absolute atomic E-state index is 12.1. The zero-order valence-electron chi connectivity index (χ0n) is 7.03. The molecule has 0 aromatic carbocycles. The van der Waals surface area contributed by atoms with Gasteiger partial charge in [-0.1, -0.05) is 13.3 Å². The zero-order chi connectivity index (χ0) is 9.78. The summed E-state index contributed by atoms with van der Waals surface area (Å²) in [6.45, 7) is 1.82. The topological polar surface area (TPSA) is 6.48 Å². The molecule has 0 amide bonds. The Kier molecular flexibility index (Phi) is 4.47. The molecule has 0 aromatic rings. The van der Waals surface area contributed by atoms with Crippen molar-refractivity contribution in [1.82, 2.24) is 10.7 Å². The predicted octanol–water partition coefficient (Wildman–Crippen LogP) is 2.69. The van der Waals surface area contributed by atoms with E-state index in [0.717, 1.165) is 6.92 Å². The second-order valence-electron chi connectivity index (χ2n) is 2.94. The summed E-state index contributed by atoms with van der Waals surface area (Å²) in [6, 6.07) is 0. The van der Waals surface area contributed by atoms with Crippen molar-refractivity contribution in [3.8, 4) is 0 Å². The van der Waals surface area contributed by atoms with E-state index >= 15 is 0 Å². The molecule has 0 fully saturated rings. The van der Waals surface area contributed by atoms with Gasteiger partial charge in [-0.2, -0.15) is 0 Å². The van der Waals surface area contributed by atoms with Crippen molar-refractivity contribution < 1.29 is 17.9 Å². The summed E-state index contributed by atoms with van der Waals surface area (Å²) in [5.41, 5.74) is -1.75. The lowest BCUT2D eigenvalue weighted by Crippen LogP contribution is -2.43. The summed E-state index contributed by atoms with van der Waals surface area (Å²) >= 11 is 0. The summed E-state index contributed by atoms with van der Waals surface area (Å²) in [5.74, 6) is 0. The Morgan fingerprint density at radius 3 is 1.92 bits per heavy atom. The summed E-state index contributed by atoms with van der Waals surface area (Å²) in [4.78, 5) is 0. The van der Waals surface area contributed by atoms with E-state index in [-0.39, 0.29) is 6.42 Å². The lowest BCUT2D eigenvalue weighted by molar-refractivity contribution is -0.266. The van der Waals surface area contributed by atoms with Gasteiger partial charge in [0.15, 0.2) is 0 Å². The molecule has 0 spiro atoms. The average Bonchev–Trinajstić information content (AvgIpc) is 1.85. The molecule has 1 atom stereocenters. The molecule has 6 heteroatoms. The van der Waals surface area contributed by atoms with Gasteiger partial charge in [-0.15, -0.1) is 17.9 Å². The van der Waals surface area contributed by atoms with Gasteiger partial charge >= 0.3 is 0 Å². The van der Waals surface area contributed by atoms with Crippen molar-refractivity contribution >= 4 is 0 Å². The van der Waals surface area contributed by atoms with Crippen LogP contribution >= 0.6 is 0 Å².